The van der Waals surface area contributed by atoms with Gasteiger partial charge in [0.2, 0.25) is 0 Å². The molecule has 1 rings (SSSR count). The van der Waals surface area contributed by atoms with Crippen LogP contribution in [0.15, 0.2) is 18.5 Å². The Labute approximate surface area is 119 Å². The van der Waals surface area contributed by atoms with Gasteiger partial charge in [-0.05, 0) is 11.6 Å². The molecule has 0 saturated heterocycles. The number of pyridine rings is 1. The number of carboxylic acids is 1. The molecule has 4 nitrogen and oxygen atoms in total. The van der Waals surface area contributed by atoms with Crippen molar-refractivity contribution in [3.05, 3.63) is 24.0 Å². The van der Waals surface area contributed by atoms with Crippen LogP contribution in [0.5, 0.6) is 5.75 Å². The van der Waals surface area contributed by atoms with Gasteiger partial charge in [-0.15, -0.1) is 0 Å². The zero-order valence-electron chi connectivity index (χ0n) is 7.61. The summed E-state index contributed by atoms with van der Waals surface area (Å²) in [6, 6.07) is 1.61. The van der Waals surface area contributed by atoms with E-state index in [1.165, 1.54) is 19.5 Å². The van der Waals surface area contributed by atoms with Crippen LogP contribution in [0.1, 0.15) is 5.56 Å². The second-order valence-corrected chi connectivity index (χ2v) is 2.28. The second kappa shape index (κ2) is 6.50. The van der Waals surface area contributed by atoms with Gasteiger partial charge in [-0.3, -0.25) is 4.98 Å². The third kappa shape index (κ3) is 4.73. The van der Waals surface area contributed by atoms with Gasteiger partial charge >= 0.3 is 51.4 Å². The number of rotatable bonds is 3. The Morgan fingerprint density at radius 1 is 1.62 bits per heavy atom. The fraction of sp³-hybridized carbons (Fsp3) is 0.250. The van der Waals surface area contributed by atoms with Gasteiger partial charge in [0.25, 0.3) is 0 Å². The van der Waals surface area contributed by atoms with Crippen LogP contribution in [0, 0.1) is 0 Å². The molecule has 0 fully saturated rings. The number of methoxy groups -OCH3 is 1. The van der Waals surface area contributed by atoms with Crippen LogP contribution in [-0.4, -0.2) is 18.1 Å². The molecule has 0 unspecified atom stereocenters. The quantitative estimate of drug-likeness (QED) is 0.478. The molecule has 0 N–H and O–H groups in total. The number of aliphatic carboxylic acids is 1. The van der Waals surface area contributed by atoms with Crippen molar-refractivity contribution in [1.82, 2.24) is 4.98 Å². The van der Waals surface area contributed by atoms with Gasteiger partial charge < -0.3 is 14.6 Å². The van der Waals surface area contributed by atoms with E-state index in [9.17, 15) is 9.90 Å². The van der Waals surface area contributed by atoms with Crippen molar-refractivity contribution in [2.45, 2.75) is 6.42 Å². The van der Waals surface area contributed by atoms with Crippen molar-refractivity contribution < 1.29 is 66.0 Å². The van der Waals surface area contributed by atoms with Gasteiger partial charge in [-0.2, -0.15) is 0 Å². The molecule has 1 heterocycles. The summed E-state index contributed by atoms with van der Waals surface area (Å²) in [4.78, 5) is 14.0. The number of nitrogens with zero attached hydrogens (tertiary/aromatic N) is 1. The molecule has 0 atom stereocenters. The van der Waals surface area contributed by atoms with E-state index in [4.69, 9.17) is 4.74 Å². The number of hydrogen-bond acceptors (Lipinski definition) is 4. The van der Waals surface area contributed by atoms with E-state index in [-0.39, 0.29) is 57.8 Å². The Kier molecular flexibility index (Phi) is 6.53. The smallest absolute Gasteiger partial charge is 0.550 e. The number of hydrogen-bond donors (Lipinski definition) is 0. The van der Waals surface area contributed by atoms with Gasteiger partial charge in [-0.25, -0.2) is 0 Å². The minimum atomic E-state index is -1.12. The predicted molar refractivity (Wildman–Crippen MR) is 39.5 cm³/mol. The maximum atomic E-state index is 10.2. The van der Waals surface area contributed by atoms with E-state index in [0.29, 0.717) is 11.3 Å². The SMILES string of the molecule is COc1cncc(CC(=O)[O-])c1.[K+]. The molecular formula is C8H8KNO3. The first-order chi connectivity index (χ1) is 5.72. The van der Waals surface area contributed by atoms with Crippen molar-refractivity contribution in [2.24, 2.45) is 0 Å². The fourth-order valence-electron chi connectivity index (χ4n) is 0.839. The van der Waals surface area contributed by atoms with E-state index in [1.807, 2.05) is 0 Å². The summed E-state index contributed by atoms with van der Waals surface area (Å²) < 4.78 is 4.86. The Balaban J connectivity index is 0.00000144. The van der Waals surface area contributed by atoms with Crippen LogP contribution in [0.4, 0.5) is 0 Å². The molecule has 0 aromatic carbocycles. The van der Waals surface area contributed by atoms with Gasteiger partial charge in [-0.1, -0.05) is 0 Å². The molecule has 0 amide bonds. The molecule has 64 valence electrons. The zero-order valence-corrected chi connectivity index (χ0v) is 10.7. The largest absolute Gasteiger partial charge is 1.00 e. The summed E-state index contributed by atoms with van der Waals surface area (Å²) in [7, 11) is 1.50. The number of ether oxygens (including phenoxy) is 1. The Hall–Kier alpha value is 0.0564. The van der Waals surface area contributed by atoms with Crippen molar-refractivity contribution >= 4 is 5.97 Å². The van der Waals surface area contributed by atoms with Gasteiger partial charge in [0.1, 0.15) is 5.75 Å². The number of carbonyl (C=O) groups is 1. The van der Waals surface area contributed by atoms with Crippen molar-refractivity contribution in [3.8, 4) is 5.75 Å². The Morgan fingerprint density at radius 3 is 2.85 bits per heavy atom. The molecule has 0 aliphatic heterocycles. The third-order valence-corrected chi connectivity index (χ3v) is 1.35. The summed E-state index contributed by atoms with van der Waals surface area (Å²) in [5.74, 6) is -0.571. The van der Waals surface area contributed by atoms with Crippen LogP contribution < -0.4 is 61.2 Å². The Morgan fingerprint density at radius 2 is 2.31 bits per heavy atom. The molecule has 0 radical (unpaired) electrons. The maximum absolute atomic E-state index is 10.2. The topological polar surface area (TPSA) is 62.2 Å². The van der Waals surface area contributed by atoms with E-state index in [1.54, 1.807) is 6.07 Å². The van der Waals surface area contributed by atoms with E-state index in [0.717, 1.165) is 0 Å². The van der Waals surface area contributed by atoms with Crippen LogP contribution in [0.2, 0.25) is 0 Å². The third-order valence-electron chi connectivity index (χ3n) is 1.35. The summed E-state index contributed by atoms with van der Waals surface area (Å²) in [5.41, 5.74) is 0.578. The molecular weight excluding hydrogens is 197 g/mol. The number of aromatic nitrogens is 1. The minimum absolute atomic E-state index is 0. The monoisotopic (exact) mass is 205 g/mol. The summed E-state index contributed by atoms with van der Waals surface area (Å²) in [5, 5.41) is 10.2. The molecule has 0 saturated carbocycles. The first-order valence-electron chi connectivity index (χ1n) is 3.40. The van der Waals surface area contributed by atoms with Crippen molar-refractivity contribution in [2.75, 3.05) is 7.11 Å². The molecule has 5 heteroatoms. The average Bonchev–Trinajstić information content (AvgIpc) is 2.03. The molecule has 1 aromatic rings. The first kappa shape index (κ1) is 13.1. The zero-order chi connectivity index (χ0) is 8.97. The van der Waals surface area contributed by atoms with Gasteiger partial charge in [0.05, 0.1) is 13.3 Å². The normalized spacial score (nSPS) is 8.69. The van der Waals surface area contributed by atoms with E-state index >= 15 is 0 Å². The Bertz CT molecular complexity index is 290. The van der Waals surface area contributed by atoms with E-state index in [2.05, 4.69) is 4.98 Å². The van der Waals surface area contributed by atoms with Crippen molar-refractivity contribution in [1.29, 1.82) is 0 Å². The maximum Gasteiger partial charge on any atom is 1.00 e. The second-order valence-electron chi connectivity index (χ2n) is 2.28. The summed E-state index contributed by atoms with van der Waals surface area (Å²) in [6.45, 7) is 0. The molecule has 0 aliphatic rings. The first-order valence-corrected chi connectivity index (χ1v) is 3.40. The standard InChI is InChI=1S/C8H9NO3.K/c1-12-7-2-6(3-8(10)11)4-9-5-7;/h2,4-5H,3H2,1H3,(H,10,11);/q;+1/p-1. The molecule has 1 aromatic heterocycles. The van der Waals surface area contributed by atoms with Gasteiger partial charge in [0, 0.05) is 18.6 Å². The molecule has 0 spiro atoms. The molecule has 0 bridgehead atoms. The van der Waals surface area contributed by atoms with Gasteiger partial charge in [0.15, 0.2) is 0 Å². The van der Waals surface area contributed by atoms with Crippen LogP contribution in [-0.2, 0) is 11.2 Å². The minimum Gasteiger partial charge on any atom is -0.550 e. The summed E-state index contributed by atoms with van der Waals surface area (Å²) >= 11 is 0. The summed E-state index contributed by atoms with van der Waals surface area (Å²) in [6.07, 6.45) is 2.85. The number of carboxylic acid groups (broad SMARTS) is 1. The van der Waals surface area contributed by atoms with E-state index < -0.39 is 5.97 Å². The van der Waals surface area contributed by atoms with Crippen LogP contribution in [0.3, 0.4) is 0 Å². The van der Waals surface area contributed by atoms with Crippen molar-refractivity contribution in [3.63, 3.8) is 0 Å². The molecule has 0 aliphatic carbocycles. The average molecular weight is 205 g/mol. The predicted octanol–water partition coefficient (Wildman–Crippen LogP) is -3.61. The van der Waals surface area contributed by atoms with Crippen LogP contribution >= 0.6 is 0 Å². The molecule has 13 heavy (non-hydrogen) atoms. The van der Waals surface area contributed by atoms with Crippen LogP contribution in [0.25, 0.3) is 0 Å². The number of carbonyl (C=O) groups excluding carboxylic acids is 1. The fourth-order valence-corrected chi connectivity index (χ4v) is 0.839.